The SMILES string of the molecule is CC(C)(C)C(O)(CC(=O)O)C(=O)OO.CC(C)(C)OOOC(=O)/C=C\C(=O)O. The standard InChI is InChI=1S/C8H14O6.C8H12O6/c1-7(2,3)8(12,4-5(9)10)6(11)14-13;1-8(2,3)13-14-12-7(11)5-4-6(9)10/h12-13H,4H2,1-3H3,(H,9,10);4-5H,1-3H3,(H,9,10)/b;5-4-. The van der Waals surface area contributed by atoms with Crippen molar-refractivity contribution in [3.8, 4) is 0 Å². The lowest BCUT2D eigenvalue weighted by Crippen LogP contribution is -2.52. The van der Waals surface area contributed by atoms with E-state index in [1.54, 1.807) is 20.8 Å². The van der Waals surface area contributed by atoms with E-state index in [2.05, 4.69) is 19.7 Å². The molecule has 0 aliphatic carbocycles. The molecule has 0 aliphatic rings. The number of aliphatic carboxylic acids is 2. The second kappa shape index (κ2) is 11.3. The Morgan fingerprint density at radius 3 is 1.75 bits per heavy atom. The van der Waals surface area contributed by atoms with Gasteiger partial charge in [-0.2, -0.15) is 10.1 Å². The predicted octanol–water partition coefficient (Wildman–Crippen LogP) is 1.09. The van der Waals surface area contributed by atoms with Gasteiger partial charge in [-0.15, -0.1) is 0 Å². The fourth-order valence-corrected chi connectivity index (χ4v) is 1.26. The fourth-order valence-electron chi connectivity index (χ4n) is 1.26. The Hall–Kier alpha value is -2.54. The molecule has 0 radical (unpaired) electrons. The highest BCUT2D eigenvalue weighted by Crippen LogP contribution is 2.34. The monoisotopic (exact) mass is 410 g/mol. The van der Waals surface area contributed by atoms with Crippen LogP contribution in [0.4, 0.5) is 0 Å². The summed E-state index contributed by atoms with van der Waals surface area (Å²) in [5.41, 5.74) is -3.91. The van der Waals surface area contributed by atoms with Crippen molar-refractivity contribution in [2.24, 2.45) is 5.41 Å². The normalized spacial score (nSPS) is 13.7. The van der Waals surface area contributed by atoms with Gasteiger partial charge < -0.3 is 15.3 Å². The topological polar surface area (TPSA) is 186 Å². The number of hydrogen-bond acceptors (Lipinski definition) is 10. The van der Waals surface area contributed by atoms with Crippen molar-refractivity contribution >= 4 is 23.9 Å². The summed E-state index contributed by atoms with van der Waals surface area (Å²) in [4.78, 5) is 54.1. The Morgan fingerprint density at radius 1 is 0.929 bits per heavy atom. The second-order valence-corrected chi connectivity index (χ2v) is 7.40. The van der Waals surface area contributed by atoms with Gasteiger partial charge in [0.05, 0.1) is 12.0 Å². The lowest BCUT2D eigenvalue weighted by molar-refractivity contribution is -0.513. The molecular weight excluding hydrogens is 384 g/mol. The van der Waals surface area contributed by atoms with E-state index < -0.39 is 46.9 Å². The minimum Gasteiger partial charge on any atom is -0.481 e. The van der Waals surface area contributed by atoms with Gasteiger partial charge in [0.25, 0.3) is 0 Å². The molecule has 1 atom stereocenters. The lowest BCUT2D eigenvalue weighted by atomic mass is 9.74. The van der Waals surface area contributed by atoms with Crippen molar-refractivity contribution < 1.29 is 59.5 Å². The fraction of sp³-hybridized carbons (Fsp3) is 0.625. The molecule has 0 saturated heterocycles. The number of carbonyl (C=O) groups excluding carboxylic acids is 2. The molecule has 0 aromatic rings. The Balaban J connectivity index is 0. The summed E-state index contributed by atoms with van der Waals surface area (Å²) in [6, 6.07) is 0. The van der Waals surface area contributed by atoms with E-state index in [-0.39, 0.29) is 0 Å². The van der Waals surface area contributed by atoms with E-state index in [0.717, 1.165) is 0 Å². The second-order valence-electron chi connectivity index (χ2n) is 7.40. The Kier molecular flexibility index (Phi) is 11.2. The van der Waals surface area contributed by atoms with Crippen LogP contribution in [-0.4, -0.2) is 55.7 Å². The first kappa shape index (κ1) is 27.7. The summed E-state index contributed by atoms with van der Waals surface area (Å²) in [6.45, 7) is 9.46. The van der Waals surface area contributed by atoms with E-state index in [9.17, 15) is 24.3 Å². The number of carbonyl (C=O) groups is 4. The van der Waals surface area contributed by atoms with Crippen molar-refractivity contribution in [1.29, 1.82) is 0 Å². The van der Waals surface area contributed by atoms with Crippen molar-refractivity contribution in [3.63, 3.8) is 0 Å². The van der Waals surface area contributed by atoms with Gasteiger partial charge in [0.2, 0.25) is 0 Å². The Morgan fingerprint density at radius 2 is 1.43 bits per heavy atom. The molecule has 1 unspecified atom stereocenters. The van der Waals surface area contributed by atoms with E-state index in [1.165, 1.54) is 20.8 Å². The molecule has 0 aliphatic heterocycles. The maximum Gasteiger partial charge on any atom is 0.374 e. The van der Waals surface area contributed by atoms with Crippen LogP contribution in [0.2, 0.25) is 0 Å². The third kappa shape index (κ3) is 12.0. The number of hydrogen-bond donors (Lipinski definition) is 4. The number of carboxylic acid groups (broad SMARTS) is 2. The Bertz CT molecular complexity index is 581. The van der Waals surface area contributed by atoms with Crippen LogP contribution in [0.1, 0.15) is 48.0 Å². The highest BCUT2D eigenvalue weighted by Gasteiger charge is 2.50. The smallest absolute Gasteiger partial charge is 0.374 e. The summed E-state index contributed by atoms with van der Waals surface area (Å²) in [5.74, 6) is -4.93. The average molecular weight is 410 g/mol. The molecule has 0 rings (SSSR count). The number of rotatable bonds is 7. The van der Waals surface area contributed by atoms with Crippen LogP contribution in [-0.2, 0) is 38.9 Å². The zero-order chi connectivity index (χ0) is 22.8. The largest absolute Gasteiger partial charge is 0.481 e. The molecule has 0 amide bonds. The summed E-state index contributed by atoms with van der Waals surface area (Å²) < 4.78 is 0. The van der Waals surface area contributed by atoms with Gasteiger partial charge in [-0.3, -0.25) is 14.6 Å². The van der Waals surface area contributed by atoms with Crippen molar-refractivity contribution in [3.05, 3.63) is 12.2 Å². The highest BCUT2D eigenvalue weighted by molar-refractivity contribution is 5.90. The number of aliphatic hydroxyl groups is 1. The summed E-state index contributed by atoms with van der Waals surface area (Å²) in [5, 5.41) is 38.7. The molecule has 4 N–H and O–H groups in total. The van der Waals surface area contributed by atoms with E-state index in [4.69, 9.17) is 15.5 Å². The minimum absolute atomic E-state index is 0.614. The van der Waals surface area contributed by atoms with Crippen LogP contribution in [0, 0.1) is 5.41 Å². The third-order valence-electron chi connectivity index (χ3n) is 2.83. The van der Waals surface area contributed by atoms with Gasteiger partial charge in [0.15, 0.2) is 5.60 Å². The van der Waals surface area contributed by atoms with Crippen LogP contribution in [0.25, 0.3) is 0 Å². The maximum absolute atomic E-state index is 11.0. The molecule has 28 heavy (non-hydrogen) atoms. The molecule has 12 heteroatoms. The molecule has 0 aromatic carbocycles. The summed E-state index contributed by atoms with van der Waals surface area (Å²) in [6.07, 6.45) is 0.507. The van der Waals surface area contributed by atoms with Crippen LogP contribution in [0.5, 0.6) is 0 Å². The zero-order valence-electron chi connectivity index (χ0n) is 16.4. The first-order valence-corrected chi connectivity index (χ1v) is 7.73. The first-order chi connectivity index (χ1) is 12.5. The van der Waals surface area contributed by atoms with E-state index in [0.29, 0.717) is 12.2 Å². The van der Waals surface area contributed by atoms with Gasteiger partial charge >= 0.3 is 23.9 Å². The zero-order valence-corrected chi connectivity index (χ0v) is 16.4. The van der Waals surface area contributed by atoms with Crippen molar-refractivity contribution in [1.82, 2.24) is 0 Å². The molecule has 0 heterocycles. The summed E-state index contributed by atoms with van der Waals surface area (Å²) >= 11 is 0. The van der Waals surface area contributed by atoms with Crippen LogP contribution < -0.4 is 0 Å². The van der Waals surface area contributed by atoms with Gasteiger partial charge in [-0.1, -0.05) is 20.8 Å². The highest BCUT2D eigenvalue weighted by atomic mass is 17.5. The molecule has 162 valence electrons. The quantitative estimate of drug-likeness (QED) is 0.266. The predicted molar refractivity (Wildman–Crippen MR) is 90.2 cm³/mol. The van der Waals surface area contributed by atoms with Gasteiger partial charge in [-0.05, 0) is 25.8 Å². The van der Waals surface area contributed by atoms with Gasteiger partial charge in [0.1, 0.15) is 0 Å². The van der Waals surface area contributed by atoms with Crippen LogP contribution >= 0.6 is 0 Å². The van der Waals surface area contributed by atoms with Crippen molar-refractivity contribution in [2.45, 2.75) is 59.2 Å². The molecule has 0 saturated carbocycles. The lowest BCUT2D eigenvalue weighted by Gasteiger charge is -2.35. The van der Waals surface area contributed by atoms with Gasteiger partial charge in [0, 0.05) is 17.6 Å². The molecule has 0 bridgehead atoms. The van der Waals surface area contributed by atoms with Crippen LogP contribution in [0.3, 0.4) is 0 Å². The van der Waals surface area contributed by atoms with Crippen molar-refractivity contribution in [2.75, 3.05) is 0 Å². The molecular formula is C16H26O12. The first-order valence-electron chi connectivity index (χ1n) is 7.73. The molecule has 12 nitrogen and oxygen atoms in total. The Labute approximate surface area is 161 Å². The molecule has 0 spiro atoms. The van der Waals surface area contributed by atoms with Crippen LogP contribution in [0.15, 0.2) is 12.2 Å². The van der Waals surface area contributed by atoms with E-state index >= 15 is 0 Å². The molecule has 0 aromatic heterocycles. The maximum atomic E-state index is 11.0. The van der Waals surface area contributed by atoms with Gasteiger partial charge in [-0.25, -0.2) is 14.4 Å². The van der Waals surface area contributed by atoms with E-state index in [1.807, 2.05) is 0 Å². The third-order valence-corrected chi connectivity index (χ3v) is 2.83. The average Bonchev–Trinajstić information content (AvgIpc) is 2.49. The minimum atomic E-state index is -2.24. The molecule has 0 fully saturated rings. The number of carboxylic acids is 2. The summed E-state index contributed by atoms with van der Waals surface area (Å²) in [7, 11) is 0.